The molecule has 15 nitrogen and oxygen atoms in total. The fourth-order valence-electron chi connectivity index (χ4n) is 5.19. The normalized spacial score (nSPS) is 19.4. The second-order valence-electron chi connectivity index (χ2n) is 11.2. The lowest BCUT2D eigenvalue weighted by atomic mass is 10.1. The van der Waals surface area contributed by atoms with Gasteiger partial charge in [-0.2, -0.15) is 17.4 Å². The first kappa shape index (κ1) is 36.1. The zero-order valence-corrected chi connectivity index (χ0v) is 26.8. The summed E-state index contributed by atoms with van der Waals surface area (Å²) in [4.78, 5) is 43.5. The molecule has 2 unspecified atom stereocenters. The van der Waals surface area contributed by atoms with Crippen molar-refractivity contribution in [3.63, 3.8) is 0 Å². The van der Waals surface area contributed by atoms with Crippen molar-refractivity contribution in [2.75, 3.05) is 38.2 Å². The summed E-state index contributed by atoms with van der Waals surface area (Å²) in [5, 5.41) is 2.62. The lowest BCUT2D eigenvalue weighted by Gasteiger charge is -2.33. The van der Waals surface area contributed by atoms with Crippen LogP contribution < -0.4 is 26.2 Å². The number of hydrogen-bond donors (Lipinski definition) is 4. The number of benzene rings is 1. The molecule has 0 aliphatic carbocycles. The molecule has 2 heterocycles. The number of hydrogen-bond acceptors (Lipinski definition) is 9. The summed E-state index contributed by atoms with van der Waals surface area (Å²) in [6, 6.07) is 2.22. The smallest absolute Gasteiger partial charge is 0.280 e. The Hall–Kier alpha value is -3.35. The van der Waals surface area contributed by atoms with Gasteiger partial charge in [0.2, 0.25) is 11.8 Å². The average Bonchev–Trinajstić information content (AvgIpc) is 3.47. The maximum absolute atomic E-state index is 13.7. The summed E-state index contributed by atoms with van der Waals surface area (Å²) in [6.45, 7) is 0.548. The summed E-state index contributed by atoms with van der Waals surface area (Å²) in [6.07, 6.45) is 2.98. The molecule has 2 saturated heterocycles. The maximum atomic E-state index is 13.7. The minimum Gasteiger partial charge on any atom is -0.490 e. The molecule has 0 radical (unpaired) electrons. The van der Waals surface area contributed by atoms with Crippen LogP contribution >= 0.6 is 0 Å². The number of nitrogens with two attached hydrogens (primary N) is 2. The van der Waals surface area contributed by atoms with E-state index >= 15 is 0 Å². The number of aliphatic imine (C=N–C) groups is 1. The van der Waals surface area contributed by atoms with Crippen LogP contribution in [0.5, 0.6) is 5.75 Å². The van der Waals surface area contributed by atoms with E-state index in [0.717, 1.165) is 10.6 Å². The maximum Gasteiger partial charge on any atom is 0.280 e. The molecule has 0 spiro atoms. The molecule has 3 atom stereocenters. The number of nitrogens with one attached hydrogen (secondary N) is 2. The molecular weight excluding hydrogens is 633 g/mol. The van der Waals surface area contributed by atoms with Gasteiger partial charge in [-0.25, -0.2) is 12.8 Å². The molecule has 1 aromatic rings. The van der Waals surface area contributed by atoms with Crippen molar-refractivity contribution in [1.82, 2.24) is 19.2 Å². The number of carbonyl (C=O) groups excluding carboxylic acids is 3. The number of guanidine groups is 1. The molecule has 2 aliphatic heterocycles. The average molecular weight is 676 g/mol. The van der Waals surface area contributed by atoms with Crippen LogP contribution in [0.1, 0.15) is 44.9 Å². The van der Waals surface area contributed by atoms with E-state index in [9.17, 15) is 35.6 Å². The van der Waals surface area contributed by atoms with Gasteiger partial charge in [0.25, 0.3) is 10.2 Å². The number of piperidine rings is 1. The number of halogens is 1. The molecule has 0 saturated carbocycles. The van der Waals surface area contributed by atoms with Gasteiger partial charge in [0, 0.05) is 32.4 Å². The molecule has 2 fully saturated rings. The van der Waals surface area contributed by atoms with Crippen molar-refractivity contribution < 1.29 is 40.3 Å². The summed E-state index contributed by atoms with van der Waals surface area (Å²) in [5.74, 6) is -1.82. The molecule has 1 aromatic carbocycles. The van der Waals surface area contributed by atoms with Crippen LogP contribution in [0, 0.1) is 5.82 Å². The van der Waals surface area contributed by atoms with Gasteiger partial charge in [-0.05, 0) is 69.2 Å². The van der Waals surface area contributed by atoms with Crippen molar-refractivity contribution in [2.45, 2.75) is 69.2 Å². The Morgan fingerprint density at radius 1 is 1.09 bits per heavy atom. The molecule has 0 aromatic heterocycles. The summed E-state index contributed by atoms with van der Waals surface area (Å²) >= 11 is 0. The Morgan fingerprint density at radius 3 is 2.36 bits per heavy atom. The van der Waals surface area contributed by atoms with Gasteiger partial charge in [0.05, 0.1) is 11.8 Å². The summed E-state index contributed by atoms with van der Waals surface area (Å²) in [5.41, 5.74) is 10.6. The quantitative estimate of drug-likeness (QED) is 0.0726. The molecule has 0 bridgehead atoms. The van der Waals surface area contributed by atoms with E-state index < -0.39 is 61.6 Å². The van der Waals surface area contributed by atoms with Crippen LogP contribution in [0.3, 0.4) is 0 Å². The minimum atomic E-state index is -4.25. The third-order valence-corrected chi connectivity index (χ3v) is 10.1. The fraction of sp³-hybridized carbons (Fsp3) is 0.630. The Labute approximate surface area is 263 Å². The van der Waals surface area contributed by atoms with E-state index in [2.05, 4.69) is 15.0 Å². The van der Waals surface area contributed by atoms with Crippen molar-refractivity contribution in [1.29, 1.82) is 0 Å². The van der Waals surface area contributed by atoms with Gasteiger partial charge < -0.3 is 31.2 Å². The van der Waals surface area contributed by atoms with Crippen LogP contribution in [0.25, 0.3) is 0 Å². The molecular formula is C27H42FN7O8S2. The Kier molecular flexibility index (Phi) is 13.1. The predicted molar refractivity (Wildman–Crippen MR) is 164 cm³/mol. The molecule has 2 aliphatic rings. The number of aldehydes is 1. The molecule has 2 amide bonds. The van der Waals surface area contributed by atoms with Crippen LogP contribution in [0.2, 0.25) is 0 Å². The minimum absolute atomic E-state index is 0.0686. The highest BCUT2D eigenvalue weighted by Crippen LogP contribution is 2.23. The van der Waals surface area contributed by atoms with Crippen molar-refractivity contribution in [3.8, 4) is 5.75 Å². The van der Waals surface area contributed by atoms with E-state index in [1.807, 2.05) is 0 Å². The third kappa shape index (κ3) is 11.5. The van der Waals surface area contributed by atoms with Crippen molar-refractivity contribution in [2.24, 2.45) is 16.5 Å². The highest BCUT2D eigenvalue weighted by molar-refractivity contribution is 7.90. The van der Waals surface area contributed by atoms with Gasteiger partial charge in [0.15, 0.2) is 5.96 Å². The largest absolute Gasteiger partial charge is 0.490 e. The van der Waals surface area contributed by atoms with E-state index in [4.69, 9.17) is 16.2 Å². The van der Waals surface area contributed by atoms with Crippen LogP contribution in [-0.2, 0) is 34.4 Å². The topological polar surface area (TPSA) is 224 Å². The highest BCUT2D eigenvalue weighted by atomic mass is 32.2. The number of carbonyl (C=O) groups is 3. The van der Waals surface area contributed by atoms with Gasteiger partial charge in [0.1, 0.15) is 45.9 Å². The first-order valence-electron chi connectivity index (χ1n) is 14.7. The molecule has 18 heteroatoms. The number of amides is 2. The SMILES string of the molecule is CS(=O)(=O)CCC(NS(=O)(=O)N1CCC(Oc2ccc(F)cc2)CC1)C(=O)N1CCCC1C(=O)N[C@H](C=O)CCCN=C(N)N. The number of likely N-dealkylation sites (tertiary alicyclic amines) is 1. The van der Waals surface area contributed by atoms with Gasteiger partial charge in [-0.15, -0.1) is 0 Å². The van der Waals surface area contributed by atoms with Gasteiger partial charge in [-0.3, -0.25) is 14.6 Å². The second kappa shape index (κ2) is 16.3. The fourth-order valence-corrected chi connectivity index (χ4v) is 7.27. The third-order valence-electron chi connectivity index (χ3n) is 7.52. The van der Waals surface area contributed by atoms with Gasteiger partial charge in [-0.1, -0.05) is 0 Å². The molecule has 252 valence electrons. The zero-order valence-electron chi connectivity index (χ0n) is 25.1. The molecule has 45 heavy (non-hydrogen) atoms. The number of ether oxygens (including phenoxy) is 1. The lowest BCUT2D eigenvalue weighted by molar-refractivity contribution is -0.140. The van der Waals surface area contributed by atoms with Gasteiger partial charge >= 0.3 is 0 Å². The standard InChI is InChI=1S/C27H42FN7O8S2/c1-44(39,40)17-12-23(33-45(41,42)34-15-10-22(11-16-34)43-21-8-6-19(28)7-9-21)26(38)35-14-3-5-24(35)25(37)32-20(18-36)4-2-13-31-27(29)30/h6-9,18,20,22-24,33H,2-5,10-17H2,1H3,(H,32,37)(H4,29,30,31)/t20-,23?,24?/m0/s1. The molecule has 6 N–H and O–H groups in total. The highest BCUT2D eigenvalue weighted by Gasteiger charge is 2.40. The van der Waals surface area contributed by atoms with Crippen LogP contribution in [0.4, 0.5) is 4.39 Å². The van der Waals surface area contributed by atoms with E-state index in [1.165, 1.54) is 29.2 Å². The lowest BCUT2D eigenvalue weighted by Crippen LogP contribution is -2.57. The van der Waals surface area contributed by atoms with Crippen LogP contribution in [-0.4, -0.2) is 113 Å². The monoisotopic (exact) mass is 675 g/mol. The molecule has 3 rings (SSSR count). The van der Waals surface area contributed by atoms with Crippen molar-refractivity contribution in [3.05, 3.63) is 30.1 Å². The Morgan fingerprint density at radius 2 is 1.76 bits per heavy atom. The predicted octanol–water partition coefficient (Wildman–Crippen LogP) is -0.965. The number of rotatable bonds is 16. The van der Waals surface area contributed by atoms with E-state index in [-0.39, 0.29) is 57.5 Å². The Balaban J connectivity index is 1.65. The first-order valence-corrected chi connectivity index (χ1v) is 18.2. The van der Waals surface area contributed by atoms with Crippen LogP contribution in [0.15, 0.2) is 29.3 Å². The first-order chi connectivity index (χ1) is 21.2. The van der Waals surface area contributed by atoms with E-state index in [1.54, 1.807) is 0 Å². The summed E-state index contributed by atoms with van der Waals surface area (Å²) < 4.78 is 73.2. The van der Waals surface area contributed by atoms with Crippen molar-refractivity contribution >= 4 is 44.1 Å². The summed E-state index contributed by atoms with van der Waals surface area (Å²) in [7, 11) is -7.81. The number of nitrogens with zero attached hydrogens (tertiary/aromatic N) is 3. The van der Waals surface area contributed by atoms with E-state index in [0.29, 0.717) is 37.7 Å². The number of sulfone groups is 1. The Bertz CT molecular complexity index is 1410. The second-order valence-corrected chi connectivity index (χ2v) is 15.1. The zero-order chi connectivity index (χ0) is 33.2.